The zero-order chi connectivity index (χ0) is 14.9. The molecule has 1 amide bonds. The number of benzene rings is 2. The highest BCUT2D eigenvalue weighted by atomic mass is 79.9. The molecule has 108 valence electrons. The molecule has 1 heterocycles. The van der Waals surface area contributed by atoms with E-state index in [0.29, 0.717) is 6.42 Å². The van der Waals surface area contributed by atoms with Crippen LogP contribution in [-0.2, 0) is 10.2 Å². The van der Waals surface area contributed by atoms with Crippen LogP contribution in [0.1, 0.15) is 36.9 Å². The molecule has 0 bridgehead atoms. The van der Waals surface area contributed by atoms with Crippen molar-refractivity contribution in [2.24, 2.45) is 0 Å². The van der Waals surface area contributed by atoms with Gasteiger partial charge in [0.1, 0.15) is 0 Å². The van der Waals surface area contributed by atoms with Gasteiger partial charge in [0.15, 0.2) is 0 Å². The molecule has 1 aliphatic rings. The van der Waals surface area contributed by atoms with Gasteiger partial charge in [-0.3, -0.25) is 4.79 Å². The quantitative estimate of drug-likeness (QED) is 0.881. The van der Waals surface area contributed by atoms with Crippen molar-refractivity contribution in [3.63, 3.8) is 0 Å². The van der Waals surface area contributed by atoms with Gasteiger partial charge in [0.25, 0.3) is 0 Å². The van der Waals surface area contributed by atoms with Crippen LogP contribution >= 0.6 is 15.9 Å². The maximum atomic E-state index is 12.1. The highest BCUT2D eigenvalue weighted by Gasteiger charge is 2.47. The second kappa shape index (κ2) is 5.64. The van der Waals surface area contributed by atoms with Gasteiger partial charge < -0.3 is 5.32 Å². The number of halogens is 1. The van der Waals surface area contributed by atoms with Crippen molar-refractivity contribution in [2.75, 3.05) is 0 Å². The summed E-state index contributed by atoms with van der Waals surface area (Å²) in [6.07, 6.45) is 1.46. The molecule has 1 aliphatic heterocycles. The topological polar surface area (TPSA) is 29.1 Å². The minimum absolute atomic E-state index is 0.0329. The monoisotopic (exact) mass is 343 g/mol. The van der Waals surface area contributed by atoms with Gasteiger partial charge in [0.05, 0.1) is 6.04 Å². The van der Waals surface area contributed by atoms with Crippen molar-refractivity contribution in [2.45, 2.75) is 31.2 Å². The molecule has 0 radical (unpaired) electrons. The van der Waals surface area contributed by atoms with Gasteiger partial charge in [-0.15, -0.1) is 0 Å². The number of amides is 1. The standard InChI is InChI=1S/C18H18BrNO/c1-2-18(14-9-6-10-15(19)11-14)12-16(21)20-17(18)13-7-4-3-5-8-13/h3-11,17H,2,12H2,1H3,(H,20,21). The van der Waals surface area contributed by atoms with Crippen LogP contribution in [-0.4, -0.2) is 5.91 Å². The molecule has 3 heteroatoms. The fourth-order valence-corrected chi connectivity index (χ4v) is 3.79. The van der Waals surface area contributed by atoms with Crippen molar-refractivity contribution >= 4 is 21.8 Å². The molecule has 2 aromatic carbocycles. The van der Waals surface area contributed by atoms with Gasteiger partial charge in [-0.05, 0) is 29.7 Å². The van der Waals surface area contributed by atoms with E-state index in [0.717, 1.165) is 10.9 Å². The minimum atomic E-state index is -0.178. The first-order valence-electron chi connectivity index (χ1n) is 7.26. The second-order valence-corrected chi connectivity index (χ2v) is 6.52. The SMILES string of the molecule is CCC1(c2cccc(Br)c2)CC(=O)NC1c1ccccc1. The Hall–Kier alpha value is -1.61. The van der Waals surface area contributed by atoms with E-state index in [4.69, 9.17) is 0 Å². The molecule has 1 N–H and O–H groups in total. The molecule has 1 fully saturated rings. The Balaban J connectivity index is 2.12. The summed E-state index contributed by atoms with van der Waals surface area (Å²) < 4.78 is 1.05. The van der Waals surface area contributed by atoms with Gasteiger partial charge in [-0.25, -0.2) is 0 Å². The largest absolute Gasteiger partial charge is 0.348 e. The molecule has 0 saturated carbocycles. The van der Waals surface area contributed by atoms with Crippen LogP contribution in [0.3, 0.4) is 0 Å². The number of nitrogens with one attached hydrogen (secondary N) is 1. The summed E-state index contributed by atoms with van der Waals surface area (Å²) in [7, 11) is 0. The Labute approximate surface area is 133 Å². The fourth-order valence-electron chi connectivity index (χ4n) is 3.39. The summed E-state index contributed by atoms with van der Waals surface area (Å²) in [5.74, 6) is 0.130. The average Bonchev–Trinajstić information content (AvgIpc) is 2.86. The zero-order valence-electron chi connectivity index (χ0n) is 12.0. The average molecular weight is 344 g/mol. The van der Waals surface area contributed by atoms with Gasteiger partial charge in [0.2, 0.25) is 5.91 Å². The Bertz CT molecular complexity index is 655. The number of carbonyl (C=O) groups is 1. The summed E-state index contributed by atoms with van der Waals surface area (Å²) >= 11 is 3.55. The molecule has 0 aromatic heterocycles. The Kier molecular flexibility index (Phi) is 3.85. The second-order valence-electron chi connectivity index (χ2n) is 5.61. The highest BCUT2D eigenvalue weighted by molar-refractivity contribution is 9.10. The number of carbonyl (C=O) groups excluding carboxylic acids is 1. The van der Waals surface area contributed by atoms with Crippen LogP contribution in [0.15, 0.2) is 59.1 Å². The molecule has 0 aliphatic carbocycles. The number of hydrogen-bond acceptors (Lipinski definition) is 1. The molecule has 3 rings (SSSR count). The van der Waals surface area contributed by atoms with E-state index < -0.39 is 0 Å². The minimum Gasteiger partial charge on any atom is -0.348 e. The normalized spacial score (nSPS) is 24.9. The summed E-state index contributed by atoms with van der Waals surface area (Å²) in [5.41, 5.74) is 2.21. The molecule has 21 heavy (non-hydrogen) atoms. The third-order valence-corrected chi connectivity index (χ3v) is 4.99. The van der Waals surface area contributed by atoms with Crippen molar-refractivity contribution < 1.29 is 4.79 Å². The van der Waals surface area contributed by atoms with Crippen molar-refractivity contribution in [1.29, 1.82) is 0 Å². The molecule has 1 saturated heterocycles. The number of hydrogen-bond donors (Lipinski definition) is 1. The van der Waals surface area contributed by atoms with E-state index in [1.165, 1.54) is 11.1 Å². The van der Waals surface area contributed by atoms with Crippen LogP contribution in [0.2, 0.25) is 0 Å². The molecule has 2 unspecified atom stereocenters. The van der Waals surface area contributed by atoms with E-state index >= 15 is 0 Å². The maximum Gasteiger partial charge on any atom is 0.221 e. The molecule has 0 spiro atoms. The number of rotatable bonds is 3. The summed E-state index contributed by atoms with van der Waals surface area (Å²) in [6, 6.07) is 18.6. The van der Waals surface area contributed by atoms with Crippen LogP contribution < -0.4 is 5.32 Å². The van der Waals surface area contributed by atoms with E-state index in [9.17, 15) is 4.79 Å². The third kappa shape index (κ3) is 2.51. The molecule has 2 atom stereocenters. The van der Waals surface area contributed by atoms with Crippen LogP contribution in [0.25, 0.3) is 0 Å². The lowest BCUT2D eigenvalue weighted by Crippen LogP contribution is -2.32. The van der Waals surface area contributed by atoms with E-state index in [-0.39, 0.29) is 17.4 Å². The van der Waals surface area contributed by atoms with Crippen LogP contribution in [0.4, 0.5) is 0 Å². The van der Waals surface area contributed by atoms with E-state index in [1.54, 1.807) is 0 Å². The Morgan fingerprint density at radius 2 is 1.95 bits per heavy atom. The van der Waals surface area contributed by atoms with E-state index in [1.807, 2.05) is 30.3 Å². The molecular formula is C18H18BrNO. The fraction of sp³-hybridized carbons (Fsp3) is 0.278. The lowest BCUT2D eigenvalue weighted by molar-refractivity contribution is -0.119. The van der Waals surface area contributed by atoms with Gasteiger partial charge in [-0.1, -0.05) is 65.3 Å². The first-order chi connectivity index (χ1) is 10.2. The predicted octanol–water partition coefficient (Wildman–Crippen LogP) is 4.36. The summed E-state index contributed by atoms with van der Waals surface area (Å²) in [6.45, 7) is 2.16. The van der Waals surface area contributed by atoms with Crippen LogP contribution in [0.5, 0.6) is 0 Å². The van der Waals surface area contributed by atoms with Crippen molar-refractivity contribution in [3.05, 3.63) is 70.2 Å². The van der Waals surface area contributed by atoms with Gasteiger partial charge >= 0.3 is 0 Å². The first kappa shape index (κ1) is 14.3. The van der Waals surface area contributed by atoms with E-state index in [2.05, 4.69) is 52.4 Å². The Morgan fingerprint density at radius 3 is 2.62 bits per heavy atom. The molecular weight excluding hydrogens is 326 g/mol. The molecule has 2 aromatic rings. The zero-order valence-corrected chi connectivity index (χ0v) is 13.6. The molecule has 2 nitrogen and oxygen atoms in total. The third-order valence-electron chi connectivity index (χ3n) is 4.50. The highest BCUT2D eigenvalue weighted by Crippen LogP contribution is 2.47. The first-order valence-corrected chi connectivity index (χ1v) is 8.05. The Morgan fingerprint density at radius 1 is 1.19 bits per heavy atom. The van der Waals surface area contributed by atoms with Gasteiger partial charge in [0, 0.05) is 16.3 Å². The lowest BCUT2D eigenvalue weighted by atomic mass is 9.70. The lowest BCUT2D eigenvalue weighted by Gasteiger charge is -2.34. The summed E-state index contributed by atoms with van der Waals surface area (Å²) in [4.78, 5) is 12.1. The van der Waals surface area contributed by atoms with Gasteiger partial charge in [-0.2, -0.15) is 0 Å². The van der Waals surface area contributed by atoms with Crippen LogP contribution in [0, 0.1) is 0 Å². The maximum absolute atomic E-state index is 12.1. The summed E-state index contributed by atoms with van der Waals surface area (Å²) in [5, 5.41) is 3.18. The predicted molar refractivity (Wildman–Crippen MR) is 88.1 cm³/mol. The van der Waals surface area contributed by atoms with Crippen molar-refractivity contribution in [1.82, 2.24) is 5.32 Å². The smallest absolute Gasteiger partial charge is 0.221 e. The van der Waals surface area contributed by atoms with Crippen molar-refractivity contribution in [3.8, 4) is 0 Å².